The summed E-state index contributed by atoms with van der Waals surface area (Å²) in [6.07, 6.45) is 0. The molecule has 1 unspecified atom stereocenters. The van der Waals surface area contributed by atoms with Gasteiger partial charge in [-0.2, -0.15) is 0 Å². The van der Waals surface area contributed by atoms with Gasteiger partial charge in [-0.25, -0.2) is 0 Å². The van der Waals surface area contributed by atoms with Crippen LogP contribution in [-0.4, -0.2) is 19.0 Å². The Morgan fingerprint density at radius 3 is 2.27 bits per heavy atom. The zero-order valence-corrected chi connectivity index (χ0v) is 14.5. The Balaban J connectivity index is 2.03. The zero-order valence-electron chi connectivity index (χ0n) is 14.5. The summed E-state index contributed by atoms with van der Waals surface area (Å²) < 4.78 is 0.242. The van der Waals surface area contributed by atoms with Gasteiger partial charge in [0.25, 0.3) is 0 Å². The minimum Gasteiger partial charge on any atom is -0.868 e. The molecule has 5 heteroatoms. The first-order valence-electron chi connectivity index (χ1n) is 8.40. The Morgan fingerprint density at radius 2 is 1.62 bits per heavy atom. The first-order chi connectivity index (χ1) is 12.4. The van der Waals surface area contributed by atoms with Crippen LogP contribution >= 0.6 is 0 Å². The van der Waals surface area contributed by atoms with Crippen molar-refractivity contribution in [3.63, 3.8) is 0 Å². The summed E-state index contributed by atoms with van der Waals surface area (Å²) in [5, 5.41) is 27.1. The Labute approximate surface area is 151 Å². The van der Waals surface area contributed by atoms with Crippen LogP contribution in [0.15, 0.2) is 72.4 Å². The normalized spacial score (nSPS) is 18.6. The van der Waals surface area contributed by atoms with Gasteiger partial charge < -0.3 is 5.11 Å². The molecule has 1 heterocycles. The Kier molecular flexibility index (Phi) is 3.56. The molecule has 3 aromatic rings. The molecule has 26 heavy (non-hydrogen) atoms. The van der Waals surface area contributed by atoms with Crippen LogP contribution in [0.3, 0.4) is 0 Å². The molecule has 1 aliphatic heterocycles. The van der Waals surface area contributed by atoms with Gasteiger partial charge in [0.1, 0.15) is 5.69 Å². The SMILES string of the molecule is C[N+]1(C)c2cccc3cccc(c23)C1/C(=C(/[O-])c1ccccc1)[N+](=O)[O-]. The Morgan fingerprint density at radius 1 is 0.962 bits per heavy atom. The van der Waals surface area contributed by atoms with E-state index in [1.165, 1.54) is 0 Å². The largest absolute Gasteiger partial charge is 0.868 e. The molecule has 0 aliphatic carbocycles. The molecular weight excluding hydrogens is 328 g/mol. The summed E-state index contributed by atoms with van der Waals surface area (Å²) in [7, 11) is 3.84. The molecule has 0 N–H and O–H groups in total. The minimum absolute atomic E-state index is 0.242. The highest BCUT2D eigenvalue weighted by molar-refractivity contribution is 5.99. The Hall–Kier alpha value is -3.18. The average molecular weight is 346 g/mol. The standard InChI is InChI=1S/C21H18N2O3/c1-23(2)17-13-7-11-14-10-6-12-16(18(14)17)20(23)19(22(25)26)21(24)15-8-4-3-5-9-15/h3-13,20H,1-2H3/b21-19-. The lowest BCUT2D eigenvalue weighted by molar-refractivity contribution is -0.440. The molecule has 4 rings (SSSR count). The maximum atomic E-state index is 13.0. The van der Waals surface area contributed by atoms with Crippen LogP contribution in [0.1, 0.15) is 17.2 Å². The molecule has 1 atom stereocenters. The van der Waals surface area contributed by atoms with E-state index in [1.807, 2.05) is 50.5 Å². The van der Waals surface area contributed by atoms with Crippen LogP contribution in [0.2, 0.25) is 0 Å². The number of rotatable bonds is 3. The first-order valence-corrected chi connectivity index (χ1v) is 8.40. The first kappa shape index (κ1) is 16.3. The molecule has 0 aromatic heterocycles. The van der Waals surface area contributed by atoms with Crippen molar-refractivity contribution in [2.75, 3.05) is 14.1 Å². The fourth-order valence-electron chi connectivity index (χ4n) is 4.04. The molecule has 0 radical (unpaired) electrons. The second kappa shape index (κ2) is 5.68. The van der Waals surface area contributed by atoms with E-state index in [9.17, 15) is 15.2 Å². The zero-order chi connectivity index (χ0) is 18.5. The highest BCUT2D eigenvalue weighted by Crippen LogP contribution is 2.50. The highest BCUT2D eigenvalue weighted by Gasteiger charge is 2.49. The molecule has 130 valence electrons. The van der Waals surface area contributed by atoms with Crippen LogP contribution in [0.5, 0.6) is 0 Å². The summed E-state index contributed by atoms with van der Waals surface area (Å²) in [5.74, 6) is -0.531. The van der Waals surface area contributed by atoms with Crippen molar-refractivity contribution in [1.29, 1.82) is 0 Å². The summed E-state index contributed by atoms with van der Waals surface area (Å²) in [6.45, 7) is 0. The smallest absolute Gasteiger partial charge is 0.301 e. The maximum absolute atomic E-state index is 13.0. The summed E-state index contributed by atoms with van der Waals surface area (Å²) in [4.78, 5) is 11.5. The van der Waals surface area contributed by atoms with Crippen LogP contribution in [0.25, 0.3) is 16.5 Å². The van der Waals surface area contributed by atoms with Crippen molar-refractivity contribution >= 4 is 22.2 Å². The summed E-state index contributed by atoms with van der Waals surface area (Å²) in [6, 6.07) is 19.5. The lowest BCUT2D eigenvalue weighted by Crippen LogP contribution is -2.44. The quantitative estimate of drug-likeness (QED) is 0.316. The average Bonchev–Trinajstić information content (AvgIpc) is 2.86. The molecule has 0 saturated carbocycles. The number of quaternary nitrogens is 1. The van der Waals surface area contributed by atoms with Crippen LogP contribution in [0.4, 0.5) is 5.69 Å². The van der Waals surface area contributed by atoms with Gasteiger partial charge in [-0.1, -0.05) is 60.7 Å². The molecule has 0 spiro atoms. The van der Waals surface area contributed by atoms with Crippen LogP contribution in [-0.2, 0) is 0 Å². The fourth-order valence-corrected chi connectivity index (χ4v) is 4.04. The third-order valence-electron chi connectivity index (χ3n) is 5.20. The lowest BCUT2D eigenvalue weighted by Gasteiger charge is -2.32. The van der Waals surface area contributed by atoms with E-state index in [2.05, 4.69) is 0 Å². The number of hydrogen-bond donors (Lipinski definition) is 0. The van der Waals surface area contributed by atoms with E-state index in [4.69, 9.17) is 0 Å². The minimum atomic E-state index is -0.654. The summed E-state index contributed by atoms with van der Waals surface area (Å²) in [5.41, 5.74) is 1.87. The van der Waals surface area contributed by atoms with E-state index < -0.39 is 16.7 Å². The van der Waals surface area contributed by atoms with Crippen molar-refractivity contribution in [2.45, 2.75) is 6.04 Å². The predicted octanol–water partition coefficient (Wildman–Crippen LogP) is 3.47. The summed E-state index contributed by atoms with van der Waals surface area (Å²) >= 11 is 0. The van der Waals surface area contributed by atoms with E-state index in [0.29, 0.717) is 5.56 Å². The van der Waals surface area contributed by atoms with Crippen molar-refractivity contribution in [3.8, 4) is 0 Å². The number of likely N-dealkylation sites (N-methyl/N-ethyl adjacent to an activating group) is 1. The second-order valence-corrected chi connectivity index (χ2v) is 7.00. The maximum Gasteiger partial charge on any atom is 0.301 e. The van der Waals surface area contributed by atoms with Crippen molar-refractivity contribution < 1.29 is 10.0 Å². The van der Waals surface area contributed by atoms with E-state index in [-0.39, 0.29) is 10.2 Å². The van der Waals surface area contributed by atoms with Crippen molar-refractivity contribution in [3.05, 3.63) is 93.7 Å². The molecule has 5 nitrogen and oxygen atoms in total. The van der Waals surface area contributed by atoms with Gasteiger partial charge in [-0.3, -0.25) is 14.6 Å². The van der Waals surface area contributed by atoms with E-state index in [1.54, 1.807) is 30.3 Å². The van der Waals surface area contributed by atoms with Gasteiger partial charge in [0.05, 0.1) is 24.4 Å². The van der Waals surface area contributed by atoms with Gasteiger partial charge in [0.2, 0.25) is 6.04 Å². The molecule has 0 amide bonds. The number of nitrogens with zero attached hydrogens (tertiary/aromatic N) is 2. The van der Waals surface area contributed by atoms with Crippen molar-refractivity contribution in [1.82, 2.24) is 4.48 Å². The van der Waals surface area contributed by atoms with Gasteiger partial charge in [-0.05, 0) is 22.8 Å². The molecular formula is C21H18N2O3. The third-order valence-corrected chi connectivity index (χ3v) is 5.20. The van der Waals surface area contributed by atoms with Gasteiger partial charge in [-0.15, -0.1) is 0 Å². The van der Waals surface area contributed by atoms with Crippen molar-refractivity contribution in [2.24, 2.45) is 0 Å². The topological polar surface area (TPSA) is 66.2 Å². The molecule has 0 saturated heterocycles. The molecule has 1 aliphatic rings. The van der Waals surface area contributed by atoms with E-state index in [0.717, 1.165) is 22.0 Å². The third kappa shape index (κ3) is 2.21. The van der Waals surface area contributed by atoms with Crippen LogP contribution in [0, 0.1) is 10.1 Å². The lowest BCUT2D eigenvalue weighted by atomic mass is 9.98. The number of hydrogen-bond acceptors (Lipinski definition) is 3. The number of nitro groups is 1. The molecule has 0 fully saturated rings. The molecule has 0 bridgehead atoms. The monoisotopic (exact) mass is 346 g/mol. The number of benzene rings is 3. The van der Waals surface area contributed by atoms with Gasteiger partial charge in [0, 0.05) is 5.56 Å². The molecule has 3 aromatic carbocycles. The Bertz CT molecular complexity index is 1050. The van der Waals surface area contributed by atoms with E-state index >= 15 is 0 Å². The van der Waals surface area contributed by atoms with Gasteiger partial charge >= 0.3 is 5.70 Å². The highest BCUT2D eigenvalue weighted by atomic mass is 16.6. The predicted molar refractivity (Wildman–Crippen MR) is 101 cm³/mol. The second-order valence-electron chi connectivity index (χ2n) is 7.00. The van der Waals surface area contributed by atoms with Gasteiger partial charge in [0.15, 0.2) is 0 Å². The van der Waals surface area contributed by atoms with Crippen LogP contribution < -0.4 is 9.59 Å². The fraction of sp³-hybridized carbons (Fsp3) is 0.143.